The second-order valence-corrected chi connectivity index (χ2v) is 8.82. The summed E-state index contributed by atoms with van der Waals surface area (Å²) in [6.07, 6.45) is 3.07. The van der Waals surface area contributed by atoms with Crippen LogP contribution in [0.25, 0.3) is 11.4 Å². The normalized spacial score (nSPS) is 20.3. The van der Waals surface area contributed by atoms with Crippen LogP contribution in [0.4, 0.5) is 5.69 Å². The summed E-state index contributed by atoms with van der Waals surface area (Å²) in [5.74, 6) is 1.04. The average molecular weight is 489 g/mol. The van der Waals surface area contributed by atoms with Crippen molar-refractivity contribution in [2.24, 2.45) is 10.3 Å². The number of carbonyl (C=O) groups excluding carboxylic acids is 2. The Hall–Kier alpha value is -4.28. The number of fused-ring (bicyclic) bond motifs is 2. The van der Waals surface area contributed by atoms with Crippen LogP contribution in [0.15, 0.2) is 51.3 Å². The summed E-state index contributed by atoms with van der Waals surface area (Å²) in [5.41, 5.74) is 3.73. The van der Waals surface area contributed by atoms with Crippen LogP contribution < -0.4 is 14.4 Å². The van der Waals surface area contributed by atoms with Crippen molar-refractivity contribution >= 4 is 17.5 Å². The molecule has 1 aliphatic carbocycles. The van der Waals surface area contributed by atoms with Gasteiger partial charge < -0.3 is 14.0 Å². The molecule has 2 aliphatic heterocycles. The maximum absolute atomic E-state index is 13.3. The van der Waals surface area contributed by atoms with Crippen LogP contribution in [-0.2, 0) is 29.0 Å². The topological polar surface area (TPSA) is 123 Å². The molecule has 2 aromatic carbocycles. The molecule has 3 heterocycles. The van der Waals surface area contributed by atoms with Crippen molar-refractivity contribution in [1.82, 2.24) is 15.1 Å². The van der Waals surface area contributed by atoms with Crippen LogP contribution in [-0.4, -0.2) is 52.8 Å². The molecule has 0 saturated carbocycles. The number of ether oxygens (including phenoxy) is 2. The van der Waals surface area contributed by atoms with Gasteiger partial charge in [0.1, 0.15) is 6.54 Å². The molecule has 0 bridgehead atoms. The summed E-state index contributed by atoms with van der Waals surface area (Å²) < 4.78 is 16.4. The average Bonchev–Trinajstić information content (AvgIpc) is 3.67. The Morgan fingerprint density at radius 2 is 1.92 bits per heavy atom. The molecule has 1 fully saturated rings. The first-order valence-corrected chi connectivity index (χ1v) is 11.9. The predicted molar refractivity (Wildman–Crippen MR) is 126 cm³/mol. The fourth-order valence-corrected chi connectivity index (χ4v) is 4.96. The third-order valence-corrected chi connectivity index (χ3v) is 6.69. The van der Waals surface area contributed by atoms with E-state index in [9.17, 15) is 9.59 Å². The highest BCUT2D eigenvalue weighted by atomic mass is 16.5. The summed E-state index contributed by atoms with van der Waals surface area (Å²) in [6, 6.07) is 9.40. The van der Waals surface area contributed by atoms with Crippen LogP contribution >= 0.6 is 0 Å². The second kappa shape index (κ2) is 8.74. The van der Waals surface area contributed by atoms with Gasteiger partial charge in [0.2, 0.25) is 11.7 Å². The number of hydrogen-bond acceptors (Lipinski definition) is 10. The number of rotatable bonds is 7. The van der Waals surface area contributed by atoms with Gasteiger partial charge in [-0.15, -0.1) is 0 Å². The lowest BCUT2D eigenvalue weighted by Gasteiger charge is -2.19. The Morgan fingerprint density at radius 3 is 2.75 bits per heavy atom. The number of hydrogen-bond donors (Lipinski definition) is 0. The number of aromatic nitrogens is 2. The van der Waals surface area contributed by atoms with Crippen LogP contribution in [0.5, 0.6) is 11.5 Å². The zero-order valence-corrected chi connectivity index (χ0v) is 19.9. The molecular formula is C25H24N6O5. The lowest BCUT2D eigenvalue weighted by atomic mass is 10.1. The van der Waals surface area contributed by atoms with Gasteiger partial charge in [0.15, 0.2) is 23.6 Å². The van der Waals surface area contributed by atoms with Gasteiger partial charge in [-0.1, -0.05) is 16.4 Å². The smallest absolute Gasteiger partial charge is 0.263 e. The van der Waals surface area contributed by atoms with E-state index in [1.54, 1.807) is 25.3 Å². The Morgan fingerprint density at radius 1 is 1.06 bits per heavy atom. The molecule has 2 amide bonds. The molecule has 0 N–H and O–H groups in total. The minimum absolute atomic E-state index is 0.0445. The van der Waals surface area contributed by atoms with Crippen molar-refractivity contribution in [3.05, 3.63) is 53.4 Å². The lowest BCUT2D eigenvalue weighted by molar-refractivity contribution is -0.123. The van der Waals surface area contributed by atoms with E-state index >= 15 is 0 Å². The van der Waals surface area contributed by atoms with Crippen molar-refractivity contribution < 1.29 is 23.6 Å². The molecule has 0 spiro atoms. The largest absolute Gasteiger partial charge is 0.493 e. The minimum atomic E-state index is -0.886. The van der Waals surface area contributed by atoms with E-state index in [-0.39, 0.29) is 24.2 Å². The van der Waals surface area contributed by atoms with Gasteiger partial charge in [0.25, 0.3) is 11.8 Å². The van der Waals surface area contributed by atoms with E-state index in [1.165, 1.54) is 21.0 Å². The van der Waals surface area contributed by atoms with Crippen molar-refractivity contribution in [2.45, 2.75) is 44.8 Å². The van der Waals surface area contributed by atoms with Gasteiger partial charge in [0.05, 0.1) is 19.4 Å². The molecule has 1 saturated heterocycles. The molecule has 3 aliphatic rings. The van der Waals surface area contributed by atoms with Crippen LogP contribution in [0.1, 0.15) is 30.4 Å². The third-order valence-electron chi connectivity index (χ3n) is 6.69. The van der Waals surface area contributed by atoms with E-state index in [4.69, 9.17) is 14.0 Å². The highest BCUT2D eigenvalue weighted by Crippen LogP contribution is 2.35. The maximum atomic E-state index is 13.3. The third kappa shape index (κ3) is 3.58. The molecule has 11 nitrogen and oxygen atoms in total. The van der Waals surface area contributed by atoms with Crippen molar-refractivity contribution in [3.63, 3.8) is 0 Å². The van der Waals surface area contributed by atoms with Gasteiger partial charge in [-0.25, -0.2) is 4.90 Å². The van der Waals surface area contributed by atoms with Gasteiger partial charge in [0, 0.05) is 5.56 Å². The predicted octanol–water partition coefficient (Wildman–Crippen LogP) is 3.13. The fraction of sp³-hybridized carbons (Fsp3) is 0.360. The zero-order chi connectivity index (χ0) is 24.8. The second-order valence-electron chi connectivity index (χ2n) is 8.82. The quantitative estimate of drug-likeness (QED) is 0.465. The molecule has 3 aromatic rings. The molecule has 1 aromatic heterocycles. The summed E-state index contributed by atoms with van der Waals surface area (Å²) in [5, 5.41) is 13.6. The fourth-order valence-electron chi connectivity index (χ4n) is 4.96. The molecule has 11 heteroatoms. The van der Waals surface area contributed by atoms with Crippen LogP contribution in [0.2, 0.25) is 0 Å². The number of carbonyl (C=O) groups is 2. The highest BCUT2D eigenvalue weighted by molar-refractivity contribution is 6.25. The van der Waals surface area contributed by atoms with Crippen molar-refractivity contribution in [2.75, 3.05) is 18.6 Å². The number of methoxy groups -OCH3 is 1. The van der Waals surface area contributed by atoms with Gasteiger partial charge in [-0.2, -0.15) is 10.1 Å². The number of amides is 2. The van der Waals surface area contributed by atoms with E-state index in [2.05, 4.69) is 20.5 Å². The van der Waals surface area contributed by atoms with Crippen molar-refractivity contribution in [1.29, 1.82) is 0 Å². The number of benzene rings is 2. The van der Waals surface area contributed by atoms with E-state index < -0.39 is 12.1 Å². The first-order chi connectivity index (χ1) is 17.6. The standard InChI is InChI=1S/C25H24N6O5/c1-3-35-18-10-8-16(12-19(18)34-2)23-26-20(36-28-23)13-30-22-21(27-29-30)24(32)31(25(22)33)17-9-7-14-5-4-6-15(14)11-17/h7-12,21-22H,3-6,13H2,1-2H3. The minimum Gasteiger partial charge on any atom is -0.493 e. The molecule has 2 unspecified atom stereocenters. The number of anilines is 1. The zero-order valence-electron chi connectivity index (χ0n) is 19.9. The van der Waals surface area contributed by atoms with Gasteiger partial charge in [-0.05, 0) is 67.6 Å². The van der Waals surface area contributed by atoms with E-state index in [0.717, 1.165) is 19.3 Å². The van der Waals surface area contributed by atoms with Crippen LogP contribution in [0, 0.1) is 0 Å². The van der Waals surface area contributed by atoms with Gasteiger partial charge in [-0.3, -0.25) is 14.6 Å². The Bertz CT molecular complexity index is 1390. The summed E-state index contributed by atoms with van der Waals surface area (Å²) >= 11 is 0. The molecule has 0 radical (unpaired) electrons. The Balaban J connectivity index is 1.20. The summed E-state index contributed by atoms with van der Waals surface area (Å²) in [7, 11) is 1.56. The molecule has 6 rings (SSSR count). The SMILES string of the molecule is CCOc1ccc(-c2noc(CN3N=NC4C(=O)N(c5ccc6c(c5)CCC6)C(=O)C43)n2)cc1OC. The lowest BCUT2D eigenvalue weighted by Crippen LogP contribution is -2.39. The Kier molecular flexibility index (Phi) is 5.39. The molecule has 2 atom stereocenters. The Labute approximate surface area is 206 Å². The highest BCUT2D eigenvalue weighted by Gasteiger charge is 2.55. The number of imide groups is 1. The van der Waals surface area contributed by atoms with Crippen LogP contribution in [0.3, 0.4) is 0 Å². The van der Waals surface area contributed by atoms with E-state index in [1.807, 2.05) is 25.1 Å². The summed E-state index contributed by atoms with van der Waals surface area (Å²) in [4.78, 5) is 32.1. The van der Waals surface area contributed by atoms with Crippen molar-refractivity contribution in [3.8, 4) is 22.9 Å². The van der Waals surface area contributed by atoms with E-state index in [0.29, 0.717) is 35.2 Å². The number of nitrogens with zero attached hydrogens (tertiary/aromatic N) is 6. The summed E-state index contributed by atoms with van der Waals surface area (Å²) in [6.45, 7) is 2.45. The first-order valence-electron chi connectivity index (χ1n) is 11.9. The maximum Gasteiger partial charge on any atom is 0.263 e. The molecule has 184 valence electrons. The van der Waals surface area contributed by atoms with Gasteiger partial charge >= 0.3 is 0 Å². The molecule has 36 heavy (non-hydrogen) atoms. The molecular weight excluding hydrogens is 464 g/mol. The first kappa shape index (κ1) is 22.2. The monoisotopic (exact) mass is 488 g/mol. The number of aryl methyl sites for hydroxylation is 2.